The molecule has 2 aliphatic heterocycles. The fourth-order valence-corrected chi connectivity index (χ4v) is 3.39. The van der Waals surface area contributed by atoms with Crippen LogP contribution in [0.25, 0.3) is 0 Å². The number of aliphatic hydroxyl groups excluding tert-OH is 1. The van der Waals surface area contributed by atoms with Gasteiger partial charge in [0.2, 0.25) is 0 Å². The summed E-state index contributed by atoms with van der Waals surface area (Å²) in [5.41, 5.74) is 4.65. The van der Waals surface area contributed by atoms with E-state index in [1.165, 1.54) is 12.3 Å². The minimum atomic E-state index is -4.46. The summed E-state index contributed by atoms with van der Waals surface area (Å²) < 4.78 is 27.3. The number of hydrogen-bond donors (Lipinski definition) is 2. The maximum absolute atomic E-state index is 11.8. The number of aliphatic hydroxyl groups is 1. The first-order valence-corrected chi connectivity index (χ1v) is 7.16. The molecule has 2 aliphatic rings. The van der Waals surface area contributed by atoms with Crippen LogP contribution in [0.4, 0.5) is 5.82 Å². The van der Waals surface area contributed by atoms with Crippen LogP contribution < -0.4 is 45.9 Å². The van der Waals surface area contributed by atoms with Crippen molar-refractivity contribution in [2.75, 3.05) is 12.3 Å². The predicted molar refractivity (Wildman–Crippen MR) is 64.9 cm³/mol. The van der Waals surface area contributed by atoms with Gasteiger partial charge in [0.05, 0.1) is 6.61 Å². The molecule has 3 rings (SSSR count). The van der Waals surface area contributed by atoms with Crippen molar-refractivity contribution in [2.24, 2.45) is 0 Å². The second-order valence-corrected chi connectivity index (χ2v) is 5.69. The fourth-order valence-electron chi connectivity index (χ4n) is 2.26. The van der Waals surface area contributed by atoms with Crippen LogP contribution in [0.5, 0.6) is 0 Å². The Bertz CT molecular complexity index is 642. The van der Waals surface area contributed by atoms with Crippen molar-refractivity contribution >= 4 is 13.6 Å². The Kier molecular flexibility index (Phi) is 6.32. The molecule has 13 heteroatoms. The Morgan fingerprint density at radius 3 is 2.68 bits per heavy atom. The zero-order chi connectivity index (χ0) is 14.5. The van der Waals surface area contributed by atoms with Crippen molar-refractivity contribution in [3.05, 3.63) is 22.7 Å². The summed E-state index contributed by atoms with van der Waals surface area (Å²) in [5.74, 6) is 0.0255. The Labute approximate surface area is 146 Å². The number of aromatic nitrogens is 2. The molecule has 0 aliphatic carbocycles. The summed E-state index contributed by atoms with van der Waals surface area (Å²) in [6.45, 7) is -0.474. The van der Waals surface area contributed by atoms with Gasteiger partial charge in [-0.05, 0) is 6.07 Å². The van der Waals surface area contributed by atoms with Crippen molar-refractivity contribution < 1.29 is 63.4 Å². The summed E-state index contributed by atoms with van der Waals surface area (Å²) >= 11 is 0. The van der Waals surface area contributed by atoms with E-state index in [4.69, 9.17) is 19.5 Å². The number of rotatable bonds is 2. The third-order valence-corrected chi connectivity index (χ3v) is 4.10. The number of fused-ring (bicyclic) bond motifs is 1. The quantitative estimate of drug-likeness (QED) is 0.389. The molecular formula is C9H13N3NaO8P. The molecule has 2 saturated heterocycles. The first-order valence-electron chi connectivity index (χ1n) is 5.70. The van der Waals surface area contributed by atoms with Crippen molar-refractivity contribution in [1.82, 2.24) is 9.55 Å². The molecule has 5 unspecified atom stereocenters. The van der Waals surface area contributed by atoms with Crippen LogP contribution in [0.2, 0.25) is 0 Å². The standard InChI is InChI=1S/C9H12N3O7P.Na.H2O/c10-5-1-2-12(9(14)11-5)8-7-6(4(3-13)17-8)18-20(15,16)19-7;;/h1-2,4,6-8,13H,3H2,(H,15,16)(H2,10,11,14);;1H2/q;+1;/p-1. The van der Waals surface area contributed by atoms with Gasteiger partial charge < -0.3 is 35.0 Å². The topological polar surface area (TPSA) is 180 Å². The second-order valence-electron chi connectivity index (χ2n) is 4.38. The number of phosphoric acid groups is 1. The molecular weight excluding hydrogens is 332 g/mol. The van der Waals surface area contributed by atoms with E-state index in [0.717, 1.165) is 4.57 Å². The minimum absolute atomic E-state index is 0. The summed E-state index contributed by atoms with van der Waals surface area (Å²) in [4.78, 5) is 26.6. The van der Waals surface area contributed by atoms with Crippen molar-refractivity contribution in [3.8, 4) is 0 Å². The largest absolute Gasteiger partial charge is 1.00 e. The Morgan fingerprint density at radius 2 is 2.09 bits per heavy atom. The molecule has 118 valence electrons. The molecule has 5 N–H and O–H groups in total. The van der Waals surface area contributed by atoms with Gasteiger partial charge in [-0.25, -0.2) is 4.79 Å². The van der Waals surface area contributed by atoms with E-state index in [0.29, 0.717) is 0 Å². The van der Waals surface area contributed by atoms with Crippen LogP contribution in [0.15, 0.2) is 17.1 Å². The van der Waals surface area contributed by atoms with Crippen molar-refractivity contribution in [2.45, 2.75) is 24.5 Å². The summed E-state index contributed by atoms with van der Waals surface area (Å²) in [5, 5.41) is 9.19. The number of phosphoric ester groups is 1. The normalized spacial score (nSPS) is 36.3. The van der Waals surface area contributed by atoms with E-state index >= 15 is 0 Å². The zero-order valence-corrected chi connectivity index (χ0v) is 14.4. The maximum atomic E-state index is 11.8. The van der Waals surface area contributed by atoms with Gasteiger partial charge in [-0.3, -0.25) is 9.13 Å². The number of nitrogens with two attached hydrogens (primary N) is 1. The smallest absolute Gasteiger partial charge is 0.756 e. The van der Waals surface area contributed by atoms with Crippen LogP contribution in [0.1, 0.15) is 6.23 Å². The molecule has 11 nitrogen and oxygen atoms in total. The summed E-state index contributed by atoms with van der Waals surface area (Å²) in [6.07, 6.45) is -2.73. The molecule has 0 aromatic carbocycles. The second kappa shape index (κ2) is 7.05. The third kappa shape index (κ3) is 3.44. The number of nitrogen functional groups attached to an aromatic ring is 1. The van der Waals surface area contributed by atoms with Gasteiger partial charge in [-0.2, -0.15) is 4.98 Å². The molecule has 0 bridgehead atoms. The average Bonchev–Trinajstić information content (AvgIpc) is 2.83. The fraction of sp³-hybridized carbons (Fsp3) is 0.556. The minimum Gasteiger partial charge on any atom is -0.756 e. The van der Waals surface area contributed by atoms with Gasteiger partial charge in [0, 0.05) is 6.20 Å². The van der Waals surface area contributed by atoms with Crippen LogP contribution in [-0.2, 0) is 18.3 Å². The number of hydrogen-bond acceptors (Lipinski definition) is 9. The van der Waals surface area contributed by atoms with Crippen LogP contribution >= 0.6 is 7.82 Å². The number of anilines is 1. The van der Waals surface area contributed by atoms with E-state index < -0.39 is 44.7 Å². The molecule has 0 amide bonds. The monoisotopic (exact) mass is 345 g/mol. The molecule has 1 aromatic heterocycles. The molecule has 0 saturated carbocycles. The molecule has 3 heterocycles. The molecule has 5 atom stereocenters. The number of ether oxygens (including phenoxy) is 1. The van der Waals surface area contributed by atoms with Crippen LogP contribution in [-0.4, -0.2) is 45.1 Å². The van der Waals surface area contributed by atoms with E-state index in [2.05, 4.69) is 4.98 Å². The first kappa shape index (κ1) is 19.7. The van der Waals surface area contributed by atoms with E-state index in [9.17, 15) is 19.4 Å². The van der Waals surface area contributed by atoms with Gasteiger partial charge in [-0.15, -0.1) is 0 Å². The SMILES string of the molecule is Nc1ccn(C2OC(CO)C3OP(=O)([O-])OC32)c(=O)n1.O.[Na+]. The van der Waals surface area contributed by atoms with E-state index in [1.807, 2.05) is 0 Å². The third-order valence-electron chi connectivity index (χ3n) is 3.09. The molecule has 1 aromatic rings. The van der Waals surface area contributed by atoms with Gasteiger partial charge in [0.1, 0.15) is 24.1 Å². The molecule has 0 radical (unpaired) electrons. The Morgan fingerprint density at radius 1 is 1.45 bits per heavy atom. The van der Waals surface area contributed by atoms with E-state index in [-0.39, 0.29) is 40.9 Å². The summed E-state index contributed by atoms with van der Waals surface area (Å²) in [7, 11) is -4.46. The predicted octanol–water partition coefficient (Wildman–Crippen LogP) is -5.85. The Hall–Kier alpha value is -0.330. The van der Waals surface area contributed by atoms with Crippen LogP contribution in [0, 0.1) is 0 Å². The molecule has 2 fully saturated rings. The van der Waals surface area contributed by atoms with Gasteiger partial charge in [-0.1, -0.05) is 0 Å². The first-order chi connectivity index (χ1) is 9.41. The van der Waals surface area contributed by atoms with Gasteiger partial charge in [0.25, 0.3) is 7.82 Å². The van der Waals surface area contributed by atoms with Gasteiger partial charge >= 0.3 is 35.2 Å². The van der Waals surface area contributed by atoms with E-state index in [1.54, 1.807) is 0 Å². The van der Waals surface area contributed by atoms with Crippen molar-refractivity contribution in [1.29, 1.82) is 0 Å². The zero-order valence-electron chi connectivity index (χ0n) is 11.5. The number of nitrogens with zero attached hydrogens (tertiary/aromatic N) is 2. The maximum Gasteiger partial charge on any atom is 1.00 e. The average molecular weight is 345 g/mol. The molecule has 22 heavy (non-hydrogen) atoms. The Balaban J connectivity index is 0.00000121. The summed E-state index contributed by atoms with van der Waals surface area (Å²) in [6, 6.07) is 1.36. The van der Waals surface area contributed by atoms with Crippen molar-refractivity contribution in [3.63, 3.8) is 0 Å². The van der Waals surface area contributed by atoms with Gasteiger partial charge in [0.15, 0.2) is 6.23 Å². The van der Waals surface area contributed by atoms with Crippen LogP contribution in [0.3, 0.4) is 0 Å². The molecule has 0 spiro atoms.